The summed E-state index contributed by atoms with van der Waals surface area (Å²) in [4.78, 5) is 34.5. The molecular weight excluding hydrogens is 545 g/mol. The Morgan fingerprint density at radius 3 is 2.57 bits per heavy atom. The Morgan fingerprint density at radius 1 is 0.976 bits per heavy atom. The molecule has 4 heterocycles. The summed E-state index contributed by atoms with van der Waals surface area (Å²) in [5.74, 6) is -0.216. The lowest BCUT2D eigenvalue weighted by Crippen LogP contribution is -2.44. The molecule has 0 bridgehead atoms. The number of hydrogen-bond acceptors (Lipinski definition) is 7. The Kier molecular flexibility index (Phi) is 7.21. The van der Waals surface area contributed by atoms with Crippen LogP contribution in [0.5, 0.6) is 0 Å². The number of halogens is 3. The van der Waals surface area contributed by atoms with Crippen molar-refractivity contribution >= 4 is 40.0 Å². The number of aromatic amines is 1. The second-order valence-corrected chi connectivity index (χ2v) is 10.1. The molecule has 0 spiro atoms. The van der Waals surface area contributed by atoms with Crippen LogP contribution in [-0.4, -0.2) is 64.0 Å². The number of nitrogens with zero attached hydrogens (tertiary/aromatic N) is 5. The normalized spacial score (nSPS) is 14.2. The van der Waals surface area contributed by atoms with Crippen molar-refractivity contribution in [3.8, 4) is 11.3 Å². The Hall–Kier alpha value is -4.97. The molecule has 1 saturated heterocycles. The first-order valence-corrected chi connectivity index (χ1v) is 13.3. The van der Waals surface area contributed by atoms with Crippen molar-refractivity contribution in [2.45, 2.75) is 6.18 Å². The van der Waals surface area contributed by atoms with Gasteiger partial charge in [0.05, 0.1) is 28.0 Å². The van der Waals surface area contributed by atoms with Crippen LogP contribution in [0, 0.1) is 0 Å². The average Bonchev–Trinajstić information content (AvgIpc) is 3.46. The predicted octanol–water partition coefficient (Wildman–Crippen LogP) is 5.79. The molecule has 6 rings (SSSR count). The quantitative estimate of drug-likeness (QED) is 0.237. The SMILES string of the molecule is CN1CCN(c2ccc(C(=O)Nc3cccc(C(F)(F)F)c3)cc2Nc2nc(-c3cccnc3)c3[nH]ccc3n2)CC1. The molecule has 5 aromatic rings. The van der Waals surface area contributed by atoms with Crippen molar-refractivity contribution in [1.82, 2.24) is 24.8 Å². The highest BCUT2D eigenvalue weighted by Crippen LogP contribution is 2.34. The molecular formula is C30H27F3N8O. The molecule has 214 valence electrons. The number of likely N-dealkylation sites (N-methyl/N-ethyl adjacent to an activating group) is 1. The maximum absolute atomic E-state index is 13.2. The number of carbonyl (C=O) groups is 1. The van der Waals surface area contributed by atoms with Crippen LogP contribution >= 0.6 is 0 Å². The number of carbonyl (C=O) groups excluding carboxylic acids is 1. The number of benzene rings is 2. The van der Waals surface area contributed by atoms with Gasteiger partial charge >= 0.3 is 6.18 Å². The standard InChI is InChI=1S/C30H27F3N8O/c1-40-12-14-41(15-13-40)25-8-7-19(28(42)36-22-6-2-5-21(17-22)30(31,32)33)16-24(25)38-29-37-23-9-11-35-27(23)26(39-29)20-4-3-10-34-18-20/h2-11,16-18,35H,12-15H2,1H3,(H,36,42)(H,37,38,39). The fraction of sp³-hybridized carbons (Fsp3) is 0.200. The van der Waals surface area contributed by atoms with Crippen molar-refractivity contribution in [1.29, 1.82) is 0 Å². The van der Waals surface area contributed by atoms with Gasteiger partial charge in [-0.25, -0.2) is 9.97 Å². The lowest BCUT2D eigenvalue weighted by molar-refractivity contribution is -0.137. The largest absolute Gasteiger partial charge is 0.416 e. The zero-order valence-electron chi connectivity index (χ0n) is 22.6. The number of aromatic nitrogens is 4. The highest BCUT2D eigenvalue weighted by atomic mass is 19.4. The Morgan fingerprint density at radius 2 is 1.81 bits per heavy atom. The average molecular weight is 573 g/mol. The maximum atomic E-state index is 13.2. The first-order valence-electron chi connectivity index (χ1n) is 13.3. The summed E-state index contributed by atoms with van der Waals surface area (Å²) in [5.41, 5.74) is 3.88. The molecule has 0 saturated carbocycles. The monoisotopic (exact) mass is 572 g/mol. The second kappa shape index (κ2) is 11.1. The van der Waals surface area contributed by atoms with E-state index in [-0.39, 0.29) is 11.3 Å². The number of alkyl halides is 3. The number of H-pyrrole nitrogens is 1. The van der Waals surface area contributed by atoms with Gasteiger partial charge < -0.3 is 25.4 Å². The summed E-state index contributed by atoms with van der Waals surface area (Å²) < 4.78 is 39.6. The number of pyridine rings is 1. The minimum Gasteiger partial charge on any atom is -0.367 e. The number of fused-ring (bicyclic) bond motifs is 1. The van der Waals surface area contributed by atoms with Gasteiger partial charge in [0, 0.05) is 61.6 Å². The van der Waals surface area contributed by atoms with E-state index in [9.17, 15) is 18.0 Å². The lowest BCUT2D eigenvalue weighted by atomic mass is 10.1. The van der Waals surface area contributed by atoms with Crippen molar-refractivity contribution in [2.24, 2.45) is 0 Å². The molecule has 2 aromatic carbocycles. The summed E-state index contributed by atoms with van der Waals surface area (Å²) in [5, 5.41) is 5.91. The van der Waals surface area contributed by atoms with Crippen LogP contribution in [-0.2, 0) is 6.18 Å². The number of nitrogens with one attached hydrogen (secondary N) is 3. The van der Waals surface area contributed by atoms with Gasteiger partial charge in [-0.3, -0.25) is 9.78 Å². The lowest BCUT2D eigenvalue weighted by Gasteiger charge is -2.35. The van der Waals surface area contributed by atoms with E-state index >= 15 is 0 Å². The van der Waals surface area contributed by atoms with Gasteiger partial charge in [0.25, 0.3) is 5.91 Å². The predicted molar refractivity (Wildman–Crippen MR) is 156 cm³/mol. The van der Waals surface area contributed by atoms with Crippen LogP contribution in [0.25, 0.3) is 22.3 Å². The number of hydrogen-bond donors (Lipinski definition) is 3. The van der Waals surface area contributed by atoms with Gasteiger partial charge in [0.1, 0.15) is 5.69 Å². The van der Waals surface area contributed by atoms with Crippen LogP contribution in [0.3, 0.4) is 0 Å². The number of rotatable bonds is 6. The molecule has 0 atom stereocenters. The van der Waals surface area contributed by atoms with Crippen LogP contribution in [0.4, 0.5) is 36.2 Å². The van der Waals surface area contributed by atoms with Crippen LogP contribution in [0.2, 0.25) is 0 Å². The molecule has 0 unspecified atom stereocenters. The van der Waals surface area contributed by atoms with Crippen molar-refractivity contribution in [3.63, 3.8) is 0 Å². The third kappa shape index (κ3) is 5.75. The molecule has 0 aliphatic carbocycles. The summed E-state index contributed by atoms with van der Waals surface area (Å²) >= 11 is 0. The van der Waals surface area contributed by atoms with E-state index in [0.717, 1.165) is 55.1 Å². The molecule has 12 heteroatoms. The summed E-state index contributed by atoms with van der Waals surface area (Å²) in [7, 11) is 2.07. The Bertz CT molecular complexity index is 1730. The minimum atomic E-state index is -4.52. The van der Waals surface area contributed by atoms with Gasteiger partial charge in [-0.2, -0.15) is 13.2 Å². The Labute approximate surface area is 239 Å². The molecule has 1 amide bonds. The third-order valence-corrected chi connectivity index (χ3v) is 7.14. The molecule has 42 heavy (non-hydrogen) atoms. The molecule has 9 nitrogen and oxygen atoms in total. The molecule has 1 aliphatic rings. The topological polar surface area (TPSA) is 102 Å². The molecule has 3 aromatic heterocycles. The van der Waals surface area contributed by atoms with Crippen molar-refractivity contribution in [3.05, 3.63) is 90.4 Å². The molecule has 3 N–H and O–H groups in total. The fourth-order valence-corrected chi connectivity index (χ4v) is 4.91. The summed E-state index contributed by atoms with van der Waals surface area (Å²) in [6.45, 7) is 3.29. The van der Waals surface area contributed by atoms with Crippen molar-refractivity contribution in [2.75, 3.05) is 48.8 Å². The number of piperazine rings is 1. The minimum absolute atomic E-state index is 0.0508. The number of anilines is 4. The first kappa shape index (κ1) is 27.2. The summed E-state index contributed by atoms with van der Waals surface area (Å²) in [6, 6.07) is 15.3. The second-order valence-electron chi connectivity index (χ2n) is 10.1. The third-order valence-electron chi connectivity index (χ3n) is 7.14. The van der Waals surface area contributed by atoms with E-state index in [1.807, 2.05) is 24.3 Å². The highest BCUT2D eigenvalue weighted by Gasteiger charge is 2.30. The zero-order chi connectivity index (χ0) is 29.3. The zero-order valence-corrected chi connectivity index (χ0v) is 22.6. The van der Waals surface area contributed by atoms with Crippen LogP contribution in [0.1, 0.15) is 15.9 Å². The van der Waals surface area contributed by atoms with E-state index in [4.69, 9.17) is 4.98 Å². The van der Waals surface area contributed by atoms with E-state index in [0.29, 0.717) is 22.8 Å². The van der Waals surface area contributed by atoms with Gasteiger partial charge in [0.2, 0.25) is 5.95 Å². The van der Waals surface area contributed by atoms with Gasteiger partial charge in [-0.05, 0) is 61.6 Å². The van der Waals surface area contributed by atoms with Gasteiger partial charge in [-0.1, -0.05) is 6.07 Å². The smallest absolute Gasteiger partial charge is 0.367 e. The molecule has 1 aliphatic heterocycles. The maximum Gasteiger partial charge on any atom is 0.416 e. The van der Waals surface area contributed by atoms with E-state index in [2.05, 4.69) is 42.4 Å². The van der Waals surface area contributed by atoms with Crippen molar-refractivity contribution < 1.29 is 18.0 Å². The van der Waals surface area contributed by atoms with Gasteiger partial charge in [-0.15, -0.1) is 0 Å². The Balaban J connectivity index is 1.36. The first-order chi connectivity index (χ1) is 20.2. The summed E-state index contributed by atoms with van der Waals surface area (Å²) in [6.07, 6.45) is 0.684. The fourth-order valence-electron chi connectivity index (χ4n) is 4.91. The molecule has 1 fully saturated rings. The van der Waals surface area contributed by atoms with Crippen LogP contribution in [0.15, 0.2) is 79.3 Å². The van der Waals surface area contributed by atoms with E-state index in [1.165, 1.54) is 12.1 Å². The highest BCUT2D eigenvalue weighted by molar-refractivity contribution is 6.05. The number of amides is 1. The molecule has 0 radical (unpaired) electrons. The van der Waals surface area contributed by atoms with Gasteiger partial charge in [0.15, 0.2) is 0 Å². The van der Waals surface area contributed by atoms with E-state index in [1.54, 1.807) is 30.7 Å². The van der Waals surface area contributed by atoms with E-state index < -0.39 is 17.6 Å². The van der Waals surface area contributed by atoms with Crippen LogP contribution < -0.4 is 15.5 Å².